The number of nitrogens with zero attached hydrogens (tertiary/aromatic N) is 1. The summed E-state index contributed by atoms with van der Waals surface area (Å²) in [4.78, 5) is 10.1. The quantitative estimate of drug-likeness (QED) is 0.527. The van der Waals surface area contributed by atoms with Gasteiger partial charge in [-0.15, -0.1) is 0 Å². The van der Waals surface area contributed by atoms with Gasteiger partial charge in [-0.2, -0.15) is 0 Å². The Morgan fingerprint density at radius 1 is 1.15 bits per heavy atom. The Hall–Kier alpha value is -2.18. The number of rotatable bonds is 3. The molecule has 0 bridgehead atoms. The highest BCUT2D eigenvalue weighted by Gasteiger charge is 2.05. The van der Waals surface area contributed by atoms with Crippen LogP contribution in [0, 0.1) is 10.1 Å². The summed E-state index contributed by atoms with van der Waals surface area (Å²) in [5.74, 6) is 0.550. The Labute approximate surface area is 125 Å². The van der Waals surface area contributed by atoms with Crippen molar-refractivity contribution in [1.82, 2.24) is 0 Å². The van der Waals surface area contributed by atoms with Crippen molar-refractivity contribution in [3.05, 3.63) is 63.7 Å². The molecule has 0 unspecified atom stereocenters. The van der Waals surface area contributed by atoms with E-state index in [2.05, 4.69) is 5.32 Å². The second-order valence-corrected chi connectivity index (χ2v) is 4.58. The molecule has 0 saturated carbocycles. The Balaban J connectivity index is 1.97. The first kappa shape index (κ1) is 14.2. The minimum Gasteiger partial charge on any atom is -0.432 e. The summed E-state index contributed by atoms with van der Waals surface area (Å²) in [6, 6.07) is 12.6. The van der Waals surface area contributed by atoms with Crippen LogP contribution in [-0.4, -0.2) is 10.1 Å². The van der Waals surface area contributed by atoms with Gasteiger partial charge in [0.2, 0.25) is 0 Å². The van der Waals surface area contributed by atoms with Crippen LogP contribution in [0.5, 0.6) is 5.75 Å². The zero-order valence-corrected chi connectivity index (χ0v) is 11.6. The lowest BCUT2D eigenvalue weighted by Crippen LogP contribution is -2.16. The highest BCUT2D eigenvalue weighted by Crippen LogP contribution is 2.18. The van der Waals surface area contributed by atoms with E-state index in [0.29, 0.717) is 16.5 Å². The predicted molar refractivity (Wildman–Crippen MR) is 81.4 cm³/mol. The van der Waals surface area contributed by atoms with Crippen LogP contribution in [0.4, 0.5) is 11.4 Å². The zero-order chi connectivity index (χ0) is 14.5. The van der Waals surface area contributed by atoms with Crippen LogP contribution in [0.1, 0.15) is 0 Å². The van der Waals surface area contributed by atoms with Gasteiger partial charge in [-0.25, -0.2) is 0 Å². The fourth-order valence-corrected chi connectivity index (χ4v) is 1.76. The summed E-state index contributed by atoms with van der Waals surface area (Å²) in [5, 5.41) is 14.1. The summed E-state index contributed by atoms with van der Waals surface area (Å²) in [7, 11) is 0. The van der Waals surface area contributed by atoms with E-state index in [0.717, 1.165) is 0 Å². The normalized spacial score (nSPS) is 9.85. The van der Waals surface area contributed by atoms with E-state index in [-0.39, 0.29) is 10.9 Å². The van der Waals surface area contributed by atoms with E-state index in [9.17, 15) is 10.1 Å². The number of ether oxygens (including phenoxy) is 1. The highest BCUT2D eigenvalue weighted by atomic mass is 35.5. The molecule has 7 heteroatoms. The van der Waals surface area contributed by atoms with Crippen molar-refractivity contribution in [1.29, 1.82) is 0 Å². The van der Waals surface area contributed by atoms with Gasteiger partial charge in [0, 0.05) is 22.8 Å². The van der Waals surface area contributed by atoms with E-state index >= 15 is 0 Å². The van der Waals surface area contributed by atoms with Crippen molar-refractivity contribution in [2.75, 3.05) is 5.32 Å². The molecule has 2 aromatic carbocycles. The number of nitro groups is 1. The summed E-state index contributed by atoms with van der Waals surface area (Å²) in [6.45, 7) is 0. The number of nitro benzene ring substituents is 1. The van der Waals surface area contributed by atoms with Crippen molar-refractivity contribution >= 4 is 40.4 Å². The van der Waals surface area contributed by atoms with Crippen LogP contribution in [0.3, 0.4) is 0 Å². The molecule has 0 radical (unpaired) electrons. The smallest absolute Gasteiger partial charge is 0.269 e. The Morgan fingerprint density at radius 2 is 1.75 bits per heavy atom. The van der Waals surface area contributed by atoms with Gasteiger partial charge in [0.1, 0.15) is 5.75 Å². The van der Waals surface area contributed by atoms with Gasteiger partial charge < -0.3 is 10.1 Å². The molecule has 0 spiro atoms. The lowest BCUT2D eigenvalue weighted by molar-refractivity contribution is -0.384. The van der Waals surface area contributed by atoms with Crippen LogP contribution in [0.2, 0.25) is 5.02 Å². The van der Waals surface area contributed by atoms with Crippen LogP contribution >= 0.6 is 23.8 Å². The fourth-order valence-electron chi connectivity index (χ4n) is 1.42. The number of non-ortho nitro benzene ring substituents is 1. The molecule has 1 N–H and O–H groups in total. The van der Waals surface area contributed by atoms with Crippen molar-refractivity contribution in [3.63, 3.8) is 0 Å². The molecular formula is C13H9ClN2O3S. The first-order valence-electron chi connectivity index (χ1n) is 5.53. The molecule has 2 rings (SSSR count). The van der Waals surface area contributed by atoms with Crippen LogP contribution < -0.4 is 10.1 Å². The molecule has 0 aliphatic rings. The molecule has 102 valence electrons. The van der Waals surface area contributed by atoms with Crippen molar-refractivity contribution in [2.24, 2.45) is 0 Å². The molecular weight excluding hydrogens is 300 g/mol. The molecule has 20 heavy (non-hydrogen) atoms. The molecule has 0 atom stereocenters. The molecule has 0 amide bonds. The molecule has 0 heterocycles. The topological polar surface area (TPSA) is 64.4 Å². The maximum Gasteiger partial charge on any atom is 0.269 e. The Kier molecular flexibility index (Phi) is 4.49. The lowest BCUT2D eigenvalue weighted by atomic mass is 10.3. The molecule has 0 aromatic heterocycles. The number of hydrogen-bond acceptors (Lipinski definition) is 4. The average molecular weight is 309 g/mol. The molecule has 2 aromatic rings. The second kappa shape index (κ2) is 6.31. The maximum absolute atomic E-state index is 10.5. The number of benzene rings is 2. The van der Waals surface area contributed by atoms with E-state index < -0.39 is 4.92 Å². The number of anilines is 1. The highest BCUT2D eigenvalue weighted by molar-refractivity contribution is 7.80. The van der Waals surface area contributed by atoms with Crippen LogP contribution in [0.15, 0.2) is 48.5 Å². The first-order valence-corrected chi connectivity index (χ1v) is 6.32. The van der Waals surface area contributed by atoms with Gasteiger partial charge in [-0.1, -0.05) is 11.6 Å². The van der Waals surface area contributed by atoms with Crippen molar-refractivity contribution in [3.8, 4) is 5.75 Å². The van der Waals surface area contributed by atoms with Gasteiger partial charge in [0.25, 0.3) is 10.9 Å². The fraction of sp³-hybridized carbons (Fsp3) is 0. The third kappa shape index (κ3) is 3.91. The predicted octanol–water partition coefficient (Wildman–Crippen LogP) is 4.02. The van der Waals surface area contributed by atoms with Crippen LogP contribution in [-0.2, 0) is 0 Å². The van der Waals surface area contributed by atoms with E-state index in [4.69, 9.17) is 28.6 Å². The minimum absolute atomic E-state index is 0.0140. The Bertz CT molecular complexity index is 629. The van der Waals surface area contributed by atoms with Gasteiger partial charge in [0.15, 0.2) is 0 Å². The summed E-state index contributed by atoms with van der Waals surface area (Å²) in [5.41, 5.74) is 0.620. The van der Waals surface area contributed by atoms with Crippen molar-refractivity contribution < 1.29 is 9.66 Å². The number of halogens is 1. The monoisotopic (exact) mass is 308 g/mol. The lowest BCUT2D eigenvalue weighted by Gasteiger charge is -2.09. The van der Waals surface area contributed by atoms with Gasteiger partial charge in [0.05, 0.1) is 4.92 Å². The van der Waals surface area contributed by atoms with E-state index in [1.54, 1.807) is 36.4 Å². The summed E-state index contributed by atoms with van der Waals surface area (Å²) >= 11 is 10.8. The third-order valence-corrected chi connectivity index (χ3v) is 2.79. The molecule has 5 nitrogen and oxygen atoms in total. The molecule has 0 fully saturated rings. The third-order valence-electron chi connectivity index (χ3n) is 2.35. The molecule has 0 saturated heterocycles. The second-order valence-electron chi connectivity index (χ2n) is 3.77. The zero-order valence-electron chi connectivity index (χ0n) is 10.1. The number of thiocarbonyl (C=S) groups is 1. The van der Waals surface area contributed by atoms with E-state index in [1.165, 1.54) is 12.1 Å². The minimum atomic E-state index is -0.466. The maximum atomic E-state index is 10.5. The number of nitrogens with one attached hydrogen (secondary N) is 1. The molecule has 0 aliphatic carbocycles. The largest absolute Gasteiger partial charge is 0.432 e. The van der Waals surface area contributed by atoms with Crippen molar-refractivity contribution in [2.45, 2.75) is 0 Å². The van der Waals surface area contributed by atoms with Gasteiger partial charge in [-0.3, -0.25) is 10.1 Å². The van der Waals surface area contributed by atoms with E-state index in [1.807, 2.05) is 0 Å². The summed E-state index contributed by atoms with van der Waals surface area (Å²) < 4.78 is 5.38. The standard InChI is InChI=1S/C13H9ClN2O3S/c14-9-1-7-12(8-2-9)19-13(20)15-10-3-5-11(6-4-10)16(17)18/h1-8H,(H,15,20). The molecule has 0 aliphatic heterocycles. The number of hydrogen-bond donors (Lipinski definition) is 1. The first-order chi connectivity index (χ1) is 9.54. The Morgan fingerprint density at radius 3 is 2.30 bits per heavy atom. The van der Waals surface area contributed by atoms with Gasteiger partial charge in [-0.05, 0) is 48.6 Å². The average Bonchev–Trinajstić information content (AvgIpc) is 2.42. The summed E-state index contributed by atoms with van der Waals surface area (Å²) in [6.07, 6.45) is 0. The van der Waals surface area contributed by atoms with Crippen LogP contribution in [0.25, 0.3) is 0 Å². The SMILES string of the molecule is O=[N+]([O-])c1ccc(NC(=S)Oc2ccc(Cl)cc2)cc1. The van der Waals surface area contributed by atoms with Gasteiger partial charge >= 0.3 is 0 Å².